The second-order valence-corrected chi connectivity index (χ2v) is 4.11. The zero-order valence-corrected chi connectivity index (χ0v) is 9.62. The Morgan fingerprint density at radius 3 is 2.38 bits per heavy atom. The van der Waals surface area contributed by atoms with Crippen molar-refractivity contribution in [3.05, 3.63) is 47.5 Å². The molecule has 0 fully saturated rings. The number of nitrogens with two attached hydrogens (primary N) is 2. The first-order valence-electron chi connectivity index (χ1n) is 5.31. The van der Waals surface area contributed by atoms with Gasteiger partial charge in [0.25, 0.3) is 0 Å². The first-order valence-corrected chi connectivity index (χ1v) is 5.31. The zero-order chi connectivity index (χ0) is 11.7. The Labute approximate surface area is 95.9 Å². The fourth-order valence-electron chi connectivity index (χ4n) is 1.81. The third-order valence-corrected chi connectivity index (χ3v) is 2.89. The molecule has 0 bridgehead atoms. The van der Waals surface area contributed by atoms with Crippen LogP contribution in [0.25, 0.3) is 11.1 Å². The van der Waals surface area contributed by atoms with E-state index in [0.717, 1.165) is 28.1 Å². The molecule has 0 saturated heterocycles. The molecule has 2 heteroatoms. The van der Waals surface area contributed by atoms with Gasteiger partial charge in [0.05, 0.1) is 0 Å². The maximum atomic E-state index is 6.09. The molecular formula is C14H16N2. The highest BCUT2D eigenvalue weighted by atomic mass is 14.6. The number of anilines is 2. The molecule has 2 aromatic carbocycles. The van der Waals surface area contributed by atoms with Crippen molar-refractivity contribution < 1.29 is 0 Å². The summed E-state index contributed by atoms with van der Waals surface area (Å²) in [6.07, 6.45) is 0. The minimum Gasteiger partial charge on any atom is -0.398 e. The summed E-state index contributed by atoms with van der Waals surface area (Å²) in [5, 5.41) is 0. The molecule has 16 heavy (non-hydrogen) atoms. The summed E-state index contributed by atoms with van der Waals surface area (Å²) in [7, 11) is 0. The van der Waals surface area contributed by atoms with Crippen molar-refractivity contribution >= 4 is 11.4 Å². The smallest absolute Gasteiger partial charge is 0.0444 e. The normalized spacial score (nSPS) is 10.4. The van der Waals surface area contributed by atoms with Crippen molar-refractivity contribution in [2.45, 2.75) is 13.8 Å². The van der Waals surface area contributed by atoms with Crippen molar-refractivity contribution in [2.75, 3.05) is 11.5 Å². The molecule has 4 N–H and O–H groups in total. The lowest BCUT2D eigenvalue weighted by atomic mass is 9.98. The van der Waals surface area contributed by atoms with E-state index in [-0.39, 0.29) is 0 Å². The van der Waals surface area contributed by atoms with E-state index in [9.17, 15) is 0 Å². The van der Waals surface area contributed by atoms with Gasteiger partial charge in [-0.05, 0) is 31.0 Å². The lowest BCUT2D eigenvalue weighted by Crippen LogP contribution is -1.98. The molecule has 0 aliphatic heterocycles. The molecule has 0 heterocycles. The van der Waals surface area contributed by atoms with E-state index in [1.165, 1.54) is 5.56 Å². The Kier molecular flexibility index (Phi) is 2.57. The highest BCUT2D eigenvalue weighted by Crippen LogP contribution is 2.31. The standard InChI is InChI=1S/C14H16N2/c1-9-4-3-5-11(8-9)12-6-7-13(15)10(2)14(12)16/h3-8H,15-16H2,1-2H3. The topological polar surface area (TPSA) is 52.0 Å². The van der Waals surface area contributed by atoms with E-state index in [1.807, 2.05) is 25.1 Å². The highest BCUT2D eigenvalue weighted by molar-refractivity contribution is 5.82. The Bertz CT molecular complexity index is 530. The van der Waals surface area contributed by atoms with Crippen molar-refractivity contribution in [3.8, 4) is 11.1 Å². The average molecular weight is 212 g/mol. The van der Waals surface area contributed by atoms with Crippen LogP contribution in [-0.2, 0) is 0 Å². The Morgan fingerprint density at radius 1 is 0.938 bits per heavy atom. The average Bonchev–Trinajstić information content (AvgIpc) is 2.26. The Morgan fingerprint density at radius 2 is 1.69 bits per heavy atom. The van der Waals surface area contributed by atoms with E-state index in [2.05, 4.69) is 25.1 Å². The molecule has 2 nitrogen and oxygen atoms in total. The van der Waals surface area contributed by atoms with Gasteiger partial charge in [0, 0.05) is 16.9 Å². The number of hydrogen-bond acceptors (Lipinski definition) is 2. The summed E-state index contributed by atoms with van der Waals surface area (Å²) < 4.78 is 0. The summed E-state index contributed by atoms with van der Waals surface area (Å²) in [6, 6.07) is 12.2. The van der Waals surface area contributed by atoms with Crippen molar-refractivity contribution in [1.29, 1.82) is 0 Å². The number of rotatable bonds is 1. The van der Waals surface area contributed by atoms with Crippen LogP contribution in [0.15, 0.2) is 36.4 Å². The molecule has 82 valence electrons. The van der Waals surface area contributed by atoms with Gasteiger partial charge in [-0.15, -0.1) is 0 Å². The lowest BCUT2D eigenvalue weighted by molar-refractivity contribution is 1.44. The third kappa shape index (κ3) is 1.74. The van der Waals surface area contributed by atoms with Crippen molar-refractivity contribution in [3.63, 3.8) is 0 Å². The number of benzene rings is 2. The quantitative estimate of drug-likeness (QED) is 0.713. The van der Waals surface area contributed by atoms with Gasteiger partial charge in [0.1, 0.15) is 0 Å². The Hall–Kier alpha value is -1.96. The van der Waals surface area contributed by atoms with E-state index in [0.29, 0.717) is 0 Å². The lowest BCUT2D eigenvalue weighted by Gasteiger charge is -2.11. The van der Waals surface area contributed by atoms with Crippen LogP contribution in [-0.4, -0.2) is 0 Å². The molecule has 0 aromatic heterocycles. The van der Waals surface area contributed by atoms with Gasteiger partial charge < -0.3 is 11.5 Å². The summed E-state index contributed by atoms with van der Waals surface area (Å²) in [5.41, 5.74) is 17.8. The van der Waals surface area contributed by atoms with E-state index >= 15 is 0 Å². The minimum atomic E-state index is 0.744. The van der Waals surface area contributed by atoms with E-state index in [4.69, 9.17) is 11.5 Å². The number of aryl methyl sites for hydroxylation is 1. The van der Waals surface area contributed by atoms with Crippen LogP contribution in [0.3, 0.4) is 0 Å². The third-order valence-electron chi connectivity index (χ3n) is 2.89. The van der Waals surface area contributed by atoms with Gasteiger partial charge in [0.15, 0.2) is 0 Å². The molecule has 0 atom stereocenters. The maximum Gasteiger partial charge on any atom is 0.0444 e. The molecule has 0 unspecified atom stereocenters. The Balaban J connectivity index is 2.61. The molecule has 0 aliphatic carbocycles. The minimum absolute atomic E-state index is 0.744. The summed E-state index contributed by atoms with van der Waals surface area (Å²) in [4.78, 5) is 0. The molecule has 2 aromatic rings. The zero-order valence-electron chi connectivity index (χ0n) is 9.62. The van der Waals surface area contributed by atoms with Crippen molar-refractivity contribution in [2.24, 2.45) is 0 Å². The first kappa shape index (κ1) is 10.6. The van der Waals surface area contributed by atoms with Crippen LogP contribution in [0.5, 0.6) is 0 Å². The molecule has 0 amide bonds. The van der Waals surface area contributed by atoms with Crippen LogP contribution in [0, 0.1) is 13.8 Å². The van der Waals surface area contributed by atoms with E-state index in [1.54, 1.807) is 0 Å². The van der Waals surface area contributed by atoms with Gasteiger partial charge in [-0.3, -0.25) is 0 Å². The second-order valence-electron chi connectivity index (χ2n) is 4.11. The molecule has 0 radical (unpaired) electrons. The molecular weight excluding hydrogens is 196 g/mol. The molecule has 0 saturated carbocycles. The van der Waals surface area contributed by atoms with Gasteiger partial charge in [0.2, 0.25) is 0 Å². The predicted molar refractivity (Wildman–Crippen MR) is 70.2 cm³/mol. The number of hydrogen-bond donors (Lipinski definition) is 2. The molecule has 2 rings (SSSR count). The van der Waals surface area contributed by atoms with Gasteiger partial charge in [-0.25, -0.2) is 0 Å². The molecule has 0 spiro atoms. The largest absolute Gasteiger partial charge is 0.398 e. The fraction of sp³-hybridized carbons (Fsp3) is 0.143. The highest BCUT2D eigenvalue weighted by Gasteiger charge is 2.06. The van der Waals surface area contributed by atoms with Gasteiger partial charge in [-0.1, -0.05) is 35.9 Å². The molecule has 0 aliphatic rings. The summed E-state index contributed by atoms with van der Waals surface area (Å²) in [6.45, 7) is 4.02. The van der Waals surface area contributed by atoms with Crippen molar-refractivity contribution in [1.82, 2.24) is 0 Å². The fourth-order valence-corrected chi connectivity index (χ4v) is 1.81. The predicted octanol–water partition coefficient (Wildman–Crippen LogP) is 3.13. The van der Waals surface area contributed by atoms with Gasteiger partial charge in [-0.2, -0.15) is 0 Å². The SMILES string of the molecule is Cc1cccc(-c2ccc(N)c(C)c2N)c1. The second kappa shape index (κ2) is 3.89. The van der Waals surface area contributed by atoms with Crippen LogP contribution in [0.1, 0.15) is 11.1 Å². The summed E-state index contributed by atoms with van der Waals surface area (Å²) >= 11 is 0. The first-order chi connectivity index (χ1) is 7.59. The summed E-state index contributed by atoms with van der Waals surface area (Å²) in [5.74, 6) is 0. The van der Waals surface area contributed by atoms with Crippen LogP contribution in [0.4, 0.5) is 11.4 Å². The maximum absolute atomic E-state index is 6.09. The van der Waals surface area contributed by atoms with Gasteiger partial charge >= 0.3 is 0 Å². The van der Waals surface area contributed by atoms with Crippen LogP contribution in [0.2, 0.25) is 0 Å². The number of nitrogen functional groups attached to an aromatic ring is 2. The van der Waals surface area contributed by atoms with Crippen LogP contribution >= 0.6 is 0 Å². The monoisotopic (exact) mass is 212 g/mol. The van der Waals surface area contributed by atoms with E-state index < -0.39 is 0 Å². The van der Waals surface area contributed by atoms with Crippen LogP contribution < -0.4 is 11.5 Å².